The fourth-order valence-electron chi connectivity index (χ4n) is 5.01. The summed E-state index contributed by atoms with van der Waals surface area (Å²) in [6.07, 6.45) is 2.25. The second kappa shape index (κ2) is 10.3. The van der Waals surface area contributed by atoms with Crippen LogP contribution in [0, 0.1) is 0 Å². The standard InChI is InChI=1S/C31H31N3O3/c1-22(2)33(29(35)20-23-15-17-25(37-3)18-16-23)21-30(36)34-27-13-8-7-12-26(27)32-19-9-14-28(32)31(34)24-10-5-4-6-11-24/h4-19,22,31H,20-21H2,1-3H3. The fourth-order valence-corrected chi connectivity index (χ4v) is 5.01. The van der Waals surface area contributed by atoms with Gasteiger partial charge in [0, 0.05) is 12.2 Å². The molecular formula is C31H31N3O3. The highest BCUT2D eigenvalue weighted by atomic mass is 16.5. The Bertz CT molecular complexity index is 1390. The third kappa shape index (κ3) is 4.75. The van der Waals surface area contributed by atoms with Crippen molar-refractivity contribution in [3.8, 4) is 11.4 Å². The van der Waals surface area contributed by atoms with Crippen molar-refractivity contribution in [2.45, 2.75) is 32.4 Å². The van der Waals surface area contributed by atoms with Gasteiger partial charge in [-0.2, -0.15) is 0 Å². The number of nitrogens with zero attached hydrogens (tertiary/aromatic N) is 3. The van der Waals surface area contributed by atoms with Gasteiger partial charge in [0.05, 0.1) is 30.6 Å². The van der Waals surface area contributed by atoms with E-state index in [1.54, 1.807) is 12.0 Å². The molecule has 188 valence electrons. The number of carbonyl (C=O) groups excluding carboxylic acids is 2. The Kier molecular flexibility index (Phi) is 6.82. The van der Waals surface area contributed by atoms with Crippen LogP contribution in [0.5, 0.6) is 5.75 Å². The highest BCUT2D eigenvalue weighted by molar-refractivity contribution is 6.00. The maximum atomic E-state index is 14.1. The molecule has 1 aliphatic rings. The van der Waals surface area contributed by atoms with E-state index in [-0.39, 0.29) is 36.9 Å². The molecule has 1 aromatic heterocycles. The lowest BCUT2D eigenvalue weighted by Gasteiger charge is -2.40. The van der Waals surface area contributed by atoms with E-state index in [0.29, 0.717) is 0 Å². The first kappa shape index (κ1) is 24.4. The molecule has 5 rings (SSSR count). The maximum absolute atomic E-state index is 14.1. The summed E-state index contributed by atoms with van der Waals surface area (Å²) in [6, 6.07) is 29.1. The van der Waals surface area contributed by atoms with Crippen LogP contribution in [0.4, 0.5) is 5.69 Å². The summed E-state index contributed by atoms with van der Waals surface area (Å²) >= 11 is 0. The Balaban J connectivity index is 1.48. The van der Waals surface area contributed by atoms with Crippen LogP contribution in [0.25, 0.3) is 5.69 Å². The van der Waals surface area contributed by atoms with Crippen LogP contribution >= 0.6 is 0 Å². The molecule has 4 aromatic rings. The van der Waals surface area contributed by atoms with E-state index in [1.807, 2.05) is 110 Å². The lowest BCUT2D eigenvalue weighted by atomic mass is 9.97. The quantitative estimate of drug-likeness (QED) is 0.346. The number of hydrogen-bond donors (Lipinski definition) is 0. The molecule has 0 fully saturated rings. The van der Waals surface area contributed by atoms with Crippen molar-refractivity contribution in [3.63, 3.8) is 0 Å². The zero-order valence-corrected chi connectivity index (χ0v) is 21.4. The van der Waals surface area contributed by atoms with Gasteiger partial charge in [-0.1, -0.05) is 54.6 Å². The maximum Gasteiger partial charge on any atom is 0.247 e. The third-order valence-corrected chi connectivity index (χ3v) is 6.87. The minimum atomic E-state index is -0.302. The van der Waals surface area contributed by atoms with Crippen molar-refractivity contribution < 1.29 is 14.3 Å². The van der Waals surface area contributed by atoms with Crippen LogP contribution in [-0.2, 0) is 16.0 Å². The van der Waals surface area contributed by atoms with E-state index >= 15 is 0 Å². The first-order valence-corrected chi connectivity index (χ1v) is 12.5. The van der Waals surface area contributed by atoms with E-state index in [0.717, 1.165) is 33.9 Å². The van der Waals surface area contributed by atoms with Crippen LogP contribution in [0.3, 0.4) is 0 Å². The zero-order valence-electron chi connectivity index (χ0n) is 21.4. The molecule has 0 aliphatic carbocycles. The van der Waals surface area contributed by atoms with E-state index < -0.39 is 0 Å². The molecular weight excluding hydrogens is 462 g/mol. The molecule has 2 amide bonds. The van der Waals surface area contributed by atoms with Crippen molar-refractivity contribution >= 4 is 17.5 Å². The summed E-state index contributed by atoms with van der Waals surface area (Å²) in [5, 5.41) is 0. The van der Waals surface area contributed by atoms with Crippen LogP contribution in [-0.4, -0.2) is 41.0 Å². The first-order chi connectivity index (χ1) is 18.0. The summed E-state index contributed by atoms with van der Waals surface area (Å²) in [6.45, 7) is 3.89. The summed E-state index contributed by atoms with van der Waals surface area (Å²) in [5.41, 5.74) is 4.69. The Morgan fingerprint density at radius 1 is 0.865 bits per heavy atom. The van der Waals surface area contributed by atoms with Gasteiger partial charge in [0.25, 0.3) is 0 Å². The smallest absolute Gasteiger partial charge is 0.247 e. The van der Waals surface area contributed by atoms with Crippen molar-refractivity contribution in [3.05, 3.63) is 114 Å². The van der Waals surface area contributed by atoms with Gasteiger partial charge in [0.1, 0.15) is 18.3 Å². The topological polar surface area (TPSA) is 54.8 Å². The number of ether oxygens (including phenoxy) is 1. The van der Waals surface area contributed by atoms with Crippen LogP contribution in [0.15, 0.2) is 97.2 Å². The molecule has 3 aromatic carbocycles. The predicted octanol–water partition coefficient (Wildman–Crippen LogP) is 5.40. The summed E-state index contributed by atoms with van der Waals surface area (Å²) < 4.78 is 7.37. The molecule has 1 atom stereocenters. The Labute approximate surface area is 217 Å². The zero-order chi connectivity index (χ0) is 25.9. The van der Waals surface area contributed by atoms with E-state index in [9.17, 15) is 9.59 Å². The number of fused-ring (bicyclic) bond motifs is 3. The minimum Gasteiger partial charge on any atom is -0.497 e. The number of rotatable bonds is 7. The van der Waals surface area contributed by atoms with E-state index in [2.05, 4.69) is 10.6 Å². The number of amides is 2. The summed E-state index contributed by atoms with van der Waals surface area (Å²) in [7, 11) is 1.62. The second-order valence-corrected chi connectivity index (χ2v) is 9.51. The minimum absolute atomic E-state index is 0.00890. The van der Waals surface area contributed by atoms with Gasteiger partial charge < -0.3 is 14.2 Å². The Morgan fingerprint density at radius 3 is 2.22 bits per heavy atom. The number of carbonyl (C=O) groups is 2. The average molecular weight is 494 g/mol. The highest BCUT2D eigenvalue weighted by Crippen LogP contribution is 2.42. The molecule has 0 radical (unpaired) electrons. The first-order valence-electron chi connectivity index (χ1n) is 12.5. The number of methoxy groups -OCH3 is 1. The summed E-state index contributed by atoms with van der Waals surface area (Å²) in [5.74, 6) is 0.538. The monoisotopic (exact) mass is 493 g/mol. The molecule has 0 saturated carbocycles. The number of para-hydroxylation sites is 2. The van der Waals surface area contributed by atoms with Gasteiger partial charge in [-0.25, -0.2) is 0 Å². The lowest BCUT2D eigenvalue weighted by Crippen LogP contribution is -2.49. The van der Waals surface area contributed by atoms with Crippen molar-refractivity contribution in [1.82, 2.24) is 9.47 Å². The van der Waals surface area contributed by atoms with E-state index in [4.69, 9.17) is 4.74 Å². The average Bonchev–Trinajstić information content (AvgIpc) is 3.41. The SMILES string of the molecule is COc1ccc(CC(=O)N(CC(=O)N2c3ccccc3-n3cccc3C2c2ccccc2)C(C)C)cc1. The molecule has 6 heteroatoms. The van der Waals surface area contributed by atoms with Crippen LogP contribution in [0.2, 0.25) is 0 Å². The predicted molar refractivity (Wildman–Crippen MR) is 145 cm³/mol. The lowest BCUT2D eigenvalue weighted by molar-refractivity contribution is -0.136. The molecule has 2 heterocycles. The van der Waals surface area contributed by atoms with Gasteiger partial charge in [-0.3, -0.25) is 14.5 Å². The second-order valence-electron chi connectivity index (χ2n) is 9.51. The molecule has 1 unspecified atom stereocenters. The van der Waals surface area contributed by atoms with Gasteiger partial charge in [0.15, 0.2) is 0 Å². The molecule has 0 spiro atoms. The van der Waals surface area contributed by atoms with Gasteiger partial charge >= 0.3 is 0 Å². The Morgan fingerprint density at radius 2 is 1.54 bits per heavy atom. The summed E-state index contributed by atoms with van der Waals surface area (Å²) in [4.78, 5) is 31.1. The number of hydrogen-bond acceptors (Lipinski definition) is 3. The van der Waals surface area contributed by atoms with Crippen molar-refractivity contribution in [2.75, 3.05) is 18.6 Å². The number of anilines is 1. The molecule has 6 nitrogen and oxygen atoms in total. The van der Waals surface area contributed by atoms with Crippen LogP contribution < -0.4 is 9.64 Å². The highest BCUT2D eigenvalue weighted by Gasteiger charge is 2.37. The number of benzene rings is 3. The van der Waals surface area contributed by atoms with Crippen molar-refractivity contribution in [1.29, 1.82) is 0 Å². The Hall–Kier alpha value is -4.32. The molecule has 0 N–H and O–H groups in total. The van der Waals surface area contributed by atoms with E-state index in [1.165, 1.54) is 0 Å². The molecule has 37 heavy (non-hydrogen) atoms. The van der Waals surface area contributed by atoms with Gasteiger partial charge in [-0.15, -0.1) is 0 Å². The third-order valence-electron chi connectivity index (χ3n) is 6.87. The molecule has 1 aliphatic heterocycles. The van der Waals surface area contributed by atoms with Gasteiger partial charge in [0.2, 0.25) is 11.8 Å². The number of aromatic nitrogens is 1. The van der Waals surface area contributed by atoms with Crippen LogP contribution in [0.1, 0.15) is 36.7 Å². The van der Waals surface area contributed by atoms with Crippen molar-refractivity contribution in [2.24, 2.45) is 0 Å². The molecule has 0 saturated heterocycles. The fraction of sp³-hybridized carbons (Fsp3) is 0.226. The normalized spacial score (nSPS) is 14.2. The van der Waals surface area contributed by atoms with Gasteiger partial charge in [-0.05, 0) is 61.4 Å². The molecule has 0 bridgehead atoms. The largest absolute Gasteiger partial charge is 0.497 e.